The monoisotopic (exact) mass is 448 g/mol. The molecule has 4 rings (SSSR count). The third-order valence-corrected chi connectivity index (χ3v) is 11.1. The molecule has 0 aliphatic heterocycles. The molecule has 0 aromatic rings. The van der Waals surface area contributed by atoms with Crippen molar-refractivity contribution in [1.29, 1.82) is 0 Å². The van der Waals surface area contributed by atoms with Crippen molar-refractivity contribution in [3.63, 3.8) is 0 Å². The highest BCUT2D eigenvalue weighted by Gasteiger charge is 2.62. The summed E-state index contributed by atoms with van der Waals surface area (Å²) in [6.07, 6.45) is 10.7. The number of hydrogen-bond acceptors (Lipinski definition) is 4. The molecule has 32 heavy (non-hydrogen) atoms. The minimum absolute atomic E-state index is 0.0142. The minimum Gasteiger partial charge on any atom is -0.463 e. The fourth-order valence-corrected chi connectivity index (χ4v) is 9.09. The molecule has 0 aromatic carbocycles. The van der Waals surface area contributed by atoms with Crippen LogP contribution in [0.1, 0.15) is 105 Å². The number of carbonyl (C=O) groups excluding carboxylic acids is 1. The van der Waals surface area contributed by atoms with E-state index in [9.17, 15) is 15.0 Å². The first kappa shape index (κ1) is 24.5. The van der Waals surface area contributed by atoms with Crippen molar-refractivity contribution < 1.29 is 19.7 Å². The number of aliphatic hydroxyl groups excluding tert-OH is 2. The molecule has 4 saturated carbocycles. The van der Waals surface area contributed by atoms with Crippen molar-refractivity contribution in [3.05, 3.63) is 0 Å². The van der Waals surface area contributed by atoms with Crippen LogP contribution in [0.3, 0.4) is 0 Å². The van der Waals surface area contributed by atoms with E-state index in [0.29, 0.717) is 41.9 Å². The van der Waals surface area contributed by atoms with E-state index in [1.165, 1.54) is 25.7 Å². The predicted octanol–water partition coefficient (Wildman–Crippen LogP) is 5.74. The van der Waals surface area contributed by atoms with Crippen LogP contribution in [-0.2, 0) is 9.53 Å². The lowest BCUT2D eigenvalue weighted by atomic mass is 9.43. The summed E-state index contributed by atoms with van der Waals surface area (Å²) in [4.78, 5) is 12.2. The van der Waals surface area contributed by atoms with Crippen LogP contribution in [-0.4, -0.2) is 34.5 Å². The number of fused-ring (bicyclic) bond motifs is 5. The lowest BCUT2D eigenvalue weighted by Gasteiger charge is -2.62. The molecule has 2 N–H and O–H groups in total. The van der Waals surface area contributed by atoms with Gasteiger partial charge in [-0.15, -0.1) is 0 Å². The Kier molecular flexibility index (Phi) is 7.05. The SMILES string of the molecule is CCC(C)OC(=O)CC[C@@H](C)[C@H]1CC[C@H]2[C@@H]3[C@@H](O)C[C@@H]4C[C@H](O)CC[C@]4(C)[C@H]3CC[C@]12C. The number of aliphatic hydroxyl groups is 2. The first-order valence-corrected chi connectivity index (χ1v) is 13.7. The van der Waals surface area contributed by atoms with Crippen LogP contribution < -0.4 is 0 Å². The quantitative estimate of drug-likeness (QED) is 0.509. The van der Waals surface area contributed by atoms with Crippen molar-refractivity contribution in [3.8, 4) is 0 Å². The van der Waals surface area contributed by atoms with E-state index >= 15 is 0 Å². The van der Waals surface area contributed by atoms with Crippen molar-refractivity contribution in [2.75, 3.05) is 0 Å². The zero-order valence-corrected chi connectivity index (χ0v) is 21.2. The molecule has 184 valence electrons. The molecule has 0 amide bonds. The highest BCUT2D eigenvalue weighted by atomic mass is 16.5. The van der Waals surface area contributed by atoms with Crippen molar-refractivity contribution in [2.45, 2.75) is 124 Å². The Morgan fingerprint density at radius 3 is 2.41 bits per heavy atom. The molecular weight excluding hydrogens is 400 g/mol. The predicted molar refractivity (Wildman–Crippen MR) is 127 cm³/mol. The number of ether oxygens (including phenoxy) is 1. The molecule has 0 aromatic heterocycles. The van der Waals surface area contributed by atoms with Gasteiger partial charge in [0, 0.05) is 6.42 Å². The van der Waals surface area contributed by atoms with E-state index in [2.05, 4.69) is 20.8 Å². The molecule has 0 heterocycles. The second kappa shape index (κ2) is 9.21. The van der Waals surface area contributed by atoms with Gasteiger partial charge in [-0.3, -0.25) is 4.79 Å². The van der Waals surface area contributed by atoms with Gasteiger partial charge in [-0.2, -0.15) is 0 Å². The van der Waals surface area contributed by atoms with Gasteiger partial charge >= 0.3 is 5.97 Å². The van der Waals surface area contributed by atoms with Gasteiger partial charge in [-0.1, -0.05) is 27.7 Å². The van der Waals surface area contributed by atoms with Gasteiger partial charge in [-0.25, -0.2) is 0 Å². The van der Waals surface area contributed by atoms with Crippen LogP contribution >= 0.6 is 0 Å². The summed E-state index contributed by atoms with van der Waals surface area (Å²) in [5, 5.41) is 21.6. The number of hydrogen-bond donors (Lipinski definition) is 2. The van der Waals surface area contributed by atoms with Gasteiger partial charge in [0.2, 0.25) is 0 Å². The molecule has 0 bridgehead atoms. The maximum absolute atomic E-state index is 12.2. The van der Waals surface area contributed by atoms with Gasteiger partial charge in [0.15, 0.2) is 0 Å². The first-order chi connectivity index (χ1) is 15.1. The van der Waals surface area contributed by atoms with Gasteiger partial charge in [0.1, 0.15) is 0 Å². The third kappa shape index (κ3) is 4.17. The Labute approximate surface area is 195 Å². The molecule has 4 aliphatic carbocycles. The van der Waals surface area contributed by atoms with Crippen LogP contribution in [0, 0.1) is 46.3 Å². The second-order valence-electron chi connectivity index (χ2n) is 12.7. The van der Waals surface area contributed by atoms with Crippen molar-refractivity contribution in [2.24, 2.45) is 46.3 Å². The van der Waals surface area contributed by atoms with Crippen molar-refractivity contribution in [1.82, 2.24) is 0 Å². The molecule has 0 spiro atoms. The van der Waals surface area contributed by atoms with Crippen LogP contribution in [0.4, 0.5) is 0 Å². The van der Waals surface area contributed by atoms with Gasteiger partial charge < -0.3 is 14.9 Å². The molecule has 1 unspecified atom stereocenters. The summed E-state index contributed by atoms with van der Waals surface area (Å²) in [5.41, 5.74) is 0.563. The topological polar surface area (TPSA) is 66.8 Å². The Morgan fingerprint density at radius 1 is 1.00 bits per heavy atom. The zero-order valence-electron chi connectivity index (χ0n) is 21.2. The normalized spacial score (nSPS) is 47.7. The first-order valence-electron chi connectivity index (χ1n) is 13.7. The molecule has 0 radical (unpaired) electrons. The van der Waals surface area contributed by atoms with Crippen LogP contribution in [0.2, 0.25) is 0 Å². The van der Waals surface area contributed by atoms with E-state index < -0.39 is 0 Å². The fraction of sp³-hybridized carbons (Fsp3) is 0.964. The van der Waals surface area contributed by atoms with Crippen LogP contribution in [0.15, 0.2) is 0 Å². The van der Waals surface area contributed by atoms with Crippen LogP contribution in [0.25, 0.3) is 0 Å². The third-order valence-electron chi connectivity index (χ3n) is 11.1. The Bertz CT molecular complexity index is 678. The fourth-order valence-electron chi connectivity index (χ4n) is 9.09. The summed E-state index contributed by atoms with van der Waals surface area (Å²) < 4.78 is 5.51. The smallest absolute Gasteiger partial charge is 0.306 e. The molecule has 4 nitrogen and oxygen atoms in total. The minimum atomic E-state index is -0.215. The van der Waals surface area contributed by atoms with E-state index in [4.69, 9.17) is 4.74 Å². The molecule has 4 heteroatoms. The molecule has 4 aliphatic rings. The average Bonchev–Trinajstić information content (AvgIpc) is 3.10. The average molecular weight is 449 g/mol. The largest absolute Gasteiger partial charge is 0.463 e. The summed E-state index contributed by atoms with van der Waals surface area (Å²) in [6, 6.07) is 0. The van der Waals surface area contributed by atoms with Gasteiger partial charge in [0.25, 0.3) is 0 Å². The Hall–Kier alpha value is -0.610. The summed E-state index contributed by atoms with van der Waals surface area (Å²) in [6.45, 7) is 11.3. The molecular formula is C28H48O4. The van der Waals surface area contributed by atoms with Gasteiger partial charge in [-0.05, 0) is 117 Å². The standard InChI is InChI=1S/C28H48O4/c1-6-18(3)32-25(31)10-7-17(2)21-8-9-22-26-23(12-14-28(21,22)5)27(4)13-11-20(29)15-19(27)16-24(26)30/h17-24,26,29-30H,6-16H2,1-5H3/t17-,18?,19+,20-,21-,22+,23+,24+,26+,27+,28-/m1/s1. The van der Waals surface area contributed by atoms with Crippen LogP contribution in [0.5, 0.6) is 0 Å². The summed E-state index contributed by atoms with van der Waals surface area (Å²) in [7, 11) is 0. The second-order valence-corrected chi connectivity index (χ2v) is 12.7. The lowest BCUT2D eigenvalue weighted by Crippen LogP contribution is -2.58. The van der Waals surface area contributed by atoms with Crippen molar-refractivity contribution >= 4 is 5.97 Å². The summed E-state index contributed by atoms with van der Waals surface area (Å²) >= 11 is 0. The number of rotatable bonds is 6. The Balaban J connectivity index is 1.44. The number of carbonyl (C=O) groups is 1. The Morgan fingerprint density at radius 2 is 1.69 bits per heavy atom. The molecule has 4 fully saturated rings. The van der Waals surface area contributed by atoms with E-state index in [-0.39, 0.29) is 35.1 Å². The maximum atomic E-state index is 12.2. The number of esters is 1. The lowest BCUT2D eigenvalue weighted by molar-refractivity contribution is -0.174. The molecule has 0 saturated heterocycles. The molecule has 11 atom stereocenters. The van der Waals surface area contributed by atoms with Gasteiger partial charge in [0.05, 0.1) is 18.3 Å². The zero-order chi connectivity index (χ0) is 23.3. The summed E-state index contributed by atoms with van der Waals surface area (Å²) in [5.74, 6) is 3.19. The highest BCUT2D eigenvalue weighted by molar-refractivity contribution is 5.69. The van der Waals surface area contributed by atoms with E-state index in [1.54, 1.807) is 0 Å². The van der Waals surface area contributed by atoms with E-state index in [0.717, 1.165) is 38.5 Å². The maximum Gasteiger partial charge on any atom is 0.306 e. The van der Waals surface area contributed by atoms with E-state index in [1.807, 2.05) is 13.8 Å². The highest BCUT2D eigenvalue weighted by Crippen LogP contribution is 2.68.